The van der Waals surface area contributed by atoms with Crippen LogP contribution in [0.2, 0.25) is 0 Å². The zero-order valence-electron chi connectivity index (χ0n) is 12.0. The third-order valence-corrected chi connectivity index (χ3v) is 4.10. The van der Waals surface area contributed by atoms with Crippen LogP contribution in [0.25, 0.3) is 0 Å². The van der Waals surface area contributed by atoms with Crippen LogP contribution in [0, 0.1) is 0 Å². The molecule has 0 amide bonds. The molecule has 7 heteroatoms. The number of hydrogen-bond donors (Lipinski definition) is 1. The summed E-state index contributed by atoms with van der Waals surface area (Å²) in [6, 6.07) is 2.70. The Hall–Kier alpha value is -1.34. The van der Waals surface area contributed by atoms with Gasteiger partial charge in [0.15, 0.2) is 0 Å². The summed E-state index contributed by atoms with van der Waals surface area (Å²) < 4.78 is 40.1. The molecule has 2 rings (SSSR count). The summed E-state index contributed by atoms with van der Waals surface area (Å²) in [5, 5.41) is 10.7. The molecule has 1 aromatic heterocycles. The zero-order valence-corrected chi connectivity index (χ0v) is 12.0. The van der Waals surface area contributed by atoms with Gasteiger partial charge in [0, 0.05) is 24.7 Å². The van der Waals surface area contributed by atoms with Crippen molar-refractivity contribution < 1.29 is 23.0 Å². The van der Waals surface area contributed by atoms with Gasteiger partial charge in [0.05, 0.1) is 11.8 Å². The van der Waals surface area contributed by atoms with Gasteiger partial charge in [-0.1, -0.05) is 6.92 Å². The summed E-state index contributed by atoms with van der Waals surface area (Å²) in [4.78, 5) is 6.14. The maximum absolute atomic E-state index is 12.1. The molecule has 0 aliphatic carbocycles. The summed E-state index contributed by atoms with van der Waals surface area (Å²) in [7, 11) is 1.99. The first-order chi connectivity index (χ1) is 9.70. The Bertz CT molecular complexity index is 468. The Kier molecular flexibility index (Phi) is 4.43. The van der Waals surface area contributed by atoms with Crippen molar-refractivity contribution >= 4 is 0 Å². The molecule has 0 bridgehead atoms. The van der Waals surface area contributed by atoms with E-state index in [0.29, 0.717) is 18.5 Å². The average molecular weight is 304 g/mol. The van der Waals surface area contributed by atoms with Gasteiger partial charge >= 0.3 is 6.36 Å². The topological polar surface area (TPSA) is 45.6 Å². The number of alkyl halides is 3. The minimum absolute atomic E-state index is 0.244. The van der Waals surface area contributed by atoms with E-state index in [-0.39, 0.29) is 11.7 Å². The summed E-state index contributed by atoms with van der Waals surface area (Å²) in [5.41, 5.74) is -0.303. The molecule has 0 radical (unpaired) electrons. The fourth-order valence-electron chi connectivity index (χ4n) is 2.56. The number of piperidine rings is 1. The second kappa shape index (κ2) is 5.81. The summed E-state index contributed by atoms with van der Waals surface area (Å²) >= 11 is 0. The van der Waals surface area contributed by atoms with Crippen molar-refractivity contribution in [3.8, 4) is 5.75 Å². The van der Waals surface area contributed by atoms with E-state index >= 15 is 0 Å². The van der Waals surface area contributed by atoms with Crippen molar-refractivity contribution in [2.24, 2.45) is 0 Å². The van der Waals surface area contributed by atoms with E-state index in [1.807, 2.05) is 14.0 Å². The number of hydrogen-bond acceptors (Lipinski definition) is 4. The van der Waals surface area contributed by atoms with Crippen molar-refractivity contribution in [2.75, 3.05) is 20.1 Å². The van der Waals surface area contributed by atoms with Crippen molar-refractivity contribution in [3.05, 3.63) is 24.0 Å². The second-order valence-electron chi connectivity index (χ2n) is 5.60. The molecule has 118 valence electrons. The Morgan fingerprint density at radius 1 is 1.33 bits per heavy atom. The predicted molar refractivity (Wildman–Crippen MR) is 71.0 cm³/mol. The van der Waals surface area contributed by atoms with Crippen molar-refractivity contribution in [2.45, 2.75) is 37.6 Å². The molecule has 2 heterocycles. The molecule has 0 aromatic carbocycles. The van der Waals surface area contributed by atoms with E-state index in [2.05, 4.69) is 14.6 Å². The minimum Gasteiger partial charge on any atom is -0.404 e. The third-order valence-electron chi connectivity index (χ3n) is 4.10. The van der Waals surface area contributed by atoms with Crippen LogP contribution < -0.4 is 4.74 Å². The van der Waals surface area contributed by atoms with Crippen LogP contribution in [-0.2, 0) is 0 Å². The zero-order chi connectivity index (χ0) is 15.7. The monoisotopic (exact) mass is 304 g/mol. The molecule has 0 spiro atoms. The van der Waals surface area contributed by atoms with Gasteiger partial charge in [-0.3, -0.25) is 4.98 Å². The number of ether oxygens (including phenoxy) is 1. The summed E-state index contributed by atoms with van der Waals surface area (Å²) in [6.45, 7) is 3.42. The first-order valence-electron chi connectivity index (χ1n) is 6.82. The number of aliphatic hydroxyl groups is 1. The highest BCUT2D eigenvalue weighted by atomic mass is 19.4. The molecular weight excluding hydrogens is 285 g/mol. The number of likely N-dealkylation sites (tertiary alicyclic amines) is 1. The van der Waals surface area contributed by atoms with Gasteiger partial charge in [-0.25, -0.2) is 0 Å². The lowest BCUT2D eigenvalue weighted by Gasteiger charge is -2.40. The lowest BCUT2D eigenvalue weighted by Crippen LogP contribution is -2.46. The van der Waals surface area contributed by atoms with Gasteiger partial charge in [-0.05, 0) is 32.0 Å². The van der Waals surface area contributed by atoms with Crippen LogP contribution in [0.1, 0.15) is 31.4 Å². The molecule has 0 saturated carbocycles. The predicted octanol–water partition coefficient (Wildman–Crippen LogP) is 2.54. The van der Waals surface area contributed by atoms with Crippen LogP contribution in [0.15, 0.2) is 18.3 Å². The average Bonchev–Trinajstić information content (AvgIpc) is 2.41. The molecule has 1 fully saturated rings. The molecule has 4 nitrogen and oxygen atoms in total. The normalized spacial score (nSPS) is 21.0. The Balaban J connectivity index is 2.07. The number of halogens is 3. The van der Waals surface area contributed by atoms with Gasteiger partial charge < -0.3 is 14.7 Å². The maximum Gasteiger partial charge on any atom is 0.573 e. The molecule has 1 saturated heterocycles. The molecule has 1 aromatic rings. The fraction of sp³-hybridized carbons (Fsp3) is 0.643. The van der Waals surface area contributed by atoms with Crippen LogP contribution in [-0.4, -0.2) is 47.1 Å². The van der Waals surface area contributed by atoms with E-state index < -0.39 is 12.0 Å². The van der Waals surface area contributed by atoms with Crippen LogP contribution in [0.4, 0.5) is 13.2 Å². The van der Waals surface area contributed by atoms with E-state index in [4.69, 9.17) is 0 Å². The fourth-order valence-corrected chi connectivity index (χ4v) is 2.56. The first-order valence-corrected chi connectivity index (χ1v) is 6.82. The van der Waals surface area contributed by atoms with E-state index in [1.54, 1.807) is 0 Å². The molecule has 1 N–H and O–H groups in total. The number of aromatic nitrogens is 1. The molecular formula is C14H19F3N2O2. The lowest BCUT2D eigenvalue weighted by atomic mass is 9.79. The molecule has 1 aliphatic rings. The second-order valence-corrected chi connectivity index (χ2v) is 5.60. The summed E-state index contributed by atoms with van der Waals surface area (Å²) in [6.07, 6.45) is -2.45. The van der Waals surface area contributed by atoms with Gasteiger partial charge in [0.1, 0.15) is 5.75 Å². The minimum atomic E-state index is -4.72. The molecule has 1 aliphatic heterocycles. The largest absolute Gasteiger partial charge is 0.573 e. The molecule has 1 atom stereocenters. The van der Waals surface area contributed by atoms with E-state index in [1.165, 1.54) is 12.1 Å². The third kappa shape index (κ3) is 4.07. The Morgan fingerprint density at radius 2 is 1.95 bits per heavy atom. The van der Waals surface area contributed by atoms with Gasteiger partial charge in [-0.15, -0.1) is 13.2 Å². The quantitative estimate of drug-likeness (QED) is 0.932. The smallest absolute Gasteiger partial charge is 0.404 e. The van der Waals surface area contributed by atoms with Crippen molar-refractivity contribution in [3.63, 3.8) is 0 Å². The van der Waals surface area contributed by atoms with Crippen LogP contribution in [0.3, 0.4) is 0 Å². The number of rotatable bonds is 3. The SMILES string of the molecule is CC(c1ccc(OC(F)(F)F)cn1)C1(O)CCN(C)CC1. The van der Waals surface area contributed by atoms with Gasteiger partial charge in [0.2, 0.25) is 0 Å². The lowest BCUT2D eigenvalue weighted by molar-refractivity contribution is -0.274. The first kappa shape index (κ1) is 16.0. The van der Waals surface area contributed by atoms with Gasteiger partial charge in [-0.2, -0.15) is 0 Å². The molecule has 21 heavy (non-hydrogen) atoms. The highest BCUT2D eigenvalue weighted by Gasteiger charge is 2.38. The Labute approximate surface area is 121 Å². The van der Waals surface area contributed by atoms with Crippen LogP contribution in [0.5, 0.6) is 5.75 Å². The van der Waals surface area contributed by atoms with Gasteiger partial charge in [0.25, 0.3) is 0 Å². The Morgan fingerprint density at radius 3 is 2.43 bits per heavy atom. The highest BCUT2D eigenvalue weighted by molar-refractivity contribution is 5.23. The van der Waals surface area contributed by atoms with E-state index in [0.717, 1.165) is 19.3 Å². The van der Waals surface area contributed by atoms with E-state index in [9.17, 15) is 18.3 Å². The van der Waals surface area contributed by atoms with Crippen LogP contribution >= 0.6 is 0 Å². The molecule has 1 unspecified atom stereocenters. The standard InChI is InChI=1S/C14H19F3N2O2/c1-10(13(20)5-7-19(2)8-6-13)12-4-3-11(9-18-12)21-14(15,16)17/h3-4,9-10,20H,5-8H2,1-2H3. The maximum atomic E-state index is 12.1. The van der Waals surface area contributed by atoms with Crippen molar-refractivity contribution in [1.29, 1.82) is 0 Å². The van der Waals surface area contributed by atoms with Crippen molar-refractivity contribution in [1.82, 2.24) is 9.88 Å². The number of pyridine rings is 1. The summed E-state index contributed by atoms with van der Waals surface area (Å²) in [5.74, 6) is -0.597. The number of nitrogens with zero attached hydrogens (tertiary/aromatic N) is 2. The highest BCUT2D eigenvalue weighted by Crippen LogP contribution is 2.36.